The number of para-hydroxylation sites is 1. The highest BCUT2D eigenvalue weighted by Gasteiger charge is 2.24. The fraction of sp³-hybridized carbons (Fsp3) is 0.382. The van der Waals surface area contributed by atoms with E-state index in [1.165, 1.54) is 27.4 Å². The number of unbranched alkanes of at least 4 members (excludes halogenated alkanes) is 1. The molecule has 0 amide bonds. The summed E-state index contributed by atoms with van der Waals surface area (Å²) in [6, 6.07) is 27.8. The van der Waals surface area contributed by atoms with Crippen molar-refractivity contribution >= 4 is 16.9 Å². The first kappa shape index (κ1) is 29.5. The van der Waals surface area contributed by atoms with E-state index < -0.39 is 5.97 Å². The summed E-state index contributed by atoms with van der Waals surface area (Å²) in [5.74, 6) is -0.395. The minimum Gasteiger partial charge on any atom is -0.469 e. The van der Waals surface area contributed by atoms with Crippen molar-refractivity contribution in [1.82, 2.24) is 14.0 Å². The van der Waals surface area contributed by atoms with Crippen LogP contribution in [0.5, 0.6) is 0 Å². The molecule has 0 unspecified atom stereocenters. The average molecular weight is 570 g/mol. The summed E-state index contributed by atoms with van der Waals surface area (Å²) in [5, 5.41) is 0.480. The monoisotopic (exact) mass is 569 g/mol. The minimum absolute atomic E-state index is 0.0652. The van der Waals surface area contributed by atoms with Crippen LogP contribution in [-0.4, -0.2) is 52.9 Å². The van der Waals surface area contributed by atoms with Gasteiger partial charge in [0.05, 0.1) is 30.5 Å². The molecule has 0 N–H and O–H groups in total. The van der Waals surface area contributed by atoms with Gasteiger partial charge in [0.2, 0.25) is 0 Å². The molecule has 1 aliphatic rings. The van der Waals surface area contributed by atoms with Crippen molar-refractivity contribution in [1.29, 1.82) is 0 Å². The molecule has 1 aliphatic heterocycles. The standard InChI is InChI=1S/C34H39N3O5/c1-41-31(38)20-25-36-30-17-9-8-16-29(30)33(39)37(34(36)40)22-11-10-21-35-23-18-28(19-24-35)42-32(26-12-4-2-5-13-26)27-14-6-3-7-15-27/h2-9,12-17,28,32H,10-11,18-25H2,1H3. The van der Waals surface area contributed by atoms with Gasteiger partial charge in [0, 0.05) is 26.2 Å². The number of carbonyl (C=O) groups excluding carboxylic acids is 1. The number of aryl methyl sites for hydroxylation is 1. The third-order valence-corrected chi connectivity index (χ3v) is 8.07. The molecule has 1 fully saturated rings. The molecule has 2 heterocycles. The van der Waals surface area contributed by atoms with E-state index in [1.54, 1.807) is 24.3 Å². The zero-order chi connectivity index (χ0) is 29.3. The molecule has 0 spiro atoms. The number of benzene rings is 3. The van der Waals surface area contributed by atoms with Crippen molar-refractivity contribution in [2.45, 2.75) is 57.4 Å². The zero-order valence-electron chi connectivity index (χ0n) is 24.2. The minimum atomic E-state index is -0.395. The van der Waals surface area contributed by atoms with Crippen LogP contribution in [0.4, 0.5) is 0 Å². The number of methoxy groups -OCH3 is 1. The van der Waals surface area contributed by atoms with Crippen LogP contribution >= 0.6 is 0 Å². The lowest BCUT2D eigenvalue weighted by molar-refractivity contribution is -0.140. The van der Waals surface area contributed by atoms with Crippen LogP contribution < -0.4 is 11.2 Å². The summed E-state index contributed by atoms with van der Waals surface area (Å²) in [6.07, 6.45) is 3.69. The van der Waals surface area contributed by atoms with Crippen molar-refractivity contribution in [2.24, 2.45) is 0 Å². The molecule has 1 saturated heterocycles. The summed E-state index contributed by atoms with van der Waals surface area (Å²) in [4.78, 5) is 40.6. The summed E-state index contributed by atoms with van der Waals surface area (Å²) < 4.78 is 14.2. The molecule has 0 atom stereocenters. The van der Waals surface area contributed by atoms with E-state index in [1.807, 2.05) is 12.1 Å². The molecule has 42 heavy (non-hydrogen) atoms. The van der Waals surface area contributed by atoms with Crippen LogP contribution in [0.1, 0.15) is 49.3 Å². The molecule has 5 rings (SSSR count). The lowest BCUT2D eigenvalue weighted by Gasteiger charge is -2.34. The Balaban J connectivity index is 1.15. The SMILES string of the molecule is COC(=O)CCn1c(=O)n(CCCCN2CCC(OC(c3ccccc3)c3ccccc3)CC2)c(=O)c2ccccc21. The quantitative estimate of drug-likeness (QED) is 0.181. The first-order valence-electron chi connectivity index (χ1n) is 14.8. The molecule has 1 aromatic heterocycles. The topological polar surface area (TPSA) is 82.8 Å². The first-order valence-corrected chi connectivity index (χ1v) is 14.8. The summed E-state index contributed by atoms with van der Waals surface area (Å²) in [7, 11) is 1.33. The number of hydrogen-bond donors (Lipinski definition) is 0. The molecule has 8 nitrogen and oxygen atoms in total. The van der Waals surface area contributed by atoms with Gasteiger partial charge in [0.25, 0.3) is 5.56 Å². The van der Waals surface area contributed by atoms with Gasteiger partial charge in [-0.15, -0.1) is 0 Å². The number of likely N-dealkylation sites (tertiary alicyclic amines) is 1. The third-order valence-electron chi connectivity index (χ3n) is 8.07. The van der Waals surface area contributed by atoms with Gasteiger partial charge in [-0.05, 0) is 55.5 Å². The van der Waals surface area contributed by atoms with Crippen LogP contribution in [0.15, 0.2) is 94.5 Å². The summed E-state index contributed by atoms with van der Waals surface area (Å²) >= 11 is 0. The lowest BCUT2D eigenvalue weighted by Crippen LogP contribution is -2.41. The summed E-state index contributed by atoms with van der Waals surface area (Å²) in [6.45, 7) is 3.33. The normalized spacial score (nSPS) is 14.4. The predicted octanol–water partition coefficient (Wildman–Crippen LogP) is 4.78. The van der Waals surface area contributed by atoms with E-state index in [0.717, 1.165) is 38.9 Å². The third kappa shape index (κ3) is 7.06. The van der Waals surface area contributed by atoms with Gasteiger partial charge in [-0.1, -0.05) is 72.8 Å². The van der Waals surface area contributed by atoms with Crippen molar-refractivity contribution < 1.29 is 14.3 Å². The van der Waals surface area contributed by atoms with Crippen molar-refractivity contribution in [3.8, 4) is 0 Å². The maximum absolute atomic E-state index is 13.3. The number of rotatable bonds is 12. The molecule has 0 saturated carbocycles. The van der Waals surface area contributed by atoms with E-state index in [0.29, 0.717) is 23.9 Å². The molecular formula is C34H39N3O5. The largest absolute Gasteiger partial charge is 0.469 e. The number of hydrogen-bond acceptors (Lipinski definition) is 6. The number of ether oxygens (including phenoxy) is 2. The number of fused-ring (bicyclic) bond motifs is 1. The van der Waals surface area contributed by atoms with Gasteiger partial charge in [-0.2, -0.15) is 0 Å². The zero-order valence-corrected chi connectivity index (χ0v) is 24.2. The van der Waals surface area contributed by atoms with Crippen LogP contribution in [-0.2, 0) is 27.4 Å². The van der Waals surface area contributed by atoms with E-state index in [2.05, 4.69) is 53.4 Å². The van der Waals surface area contributed by atoms with E-state index >= 15 is 0 Å². The molecule has 220 valence electrons. The molecule has 0 bridgehead atoms. The lowest BCUT2D eigenvalue weighted by atomic mass is 10.00. The van der Waals surface area contributed by atoms with Crippen molar-refractivity contribution in [3.63, 3.8) is 0 Å². The Labute approximate surface area is 246 Å². The molecule has 0 aliphatic carbocycles. The van der Waals surface area contributed by atoms with Gasteiger partial charge in [-0.25, -0.2) is 4.79 Å². The van der Waals surface area contributed by atoms with Gasteiger partial charge in [-0.3, -0.25) is 18.7 Å². The van der Waals surface area contributed by atoms with Gasteiger partial charge in [0.15, 0.2) is 0 Å². The van der Waals surface area contributed by atoms with Crippen LogP contribution in [0, 0.1) is 0 Å². The van der Waals surface area contributed by atoms with Crippen molar-refractivity contribution in [2.75, 3.05) is 26.7 Å². The van der Waals surface area contributed by atoms with E-state index in [4.69, 9.17) is 9.47 Å². The highest BCUT2D eigenvalue weighted by atomic mass is 16.5. The Kier molecular flexibility index (Phi) is 10.0. The van der Waals surface area contributed by atoms with E-state index in [9.17, 15) is 14.4 Å². The second-order valence-corrected chi connectivity index (χ2v) is 10.8. The molecule has 3 aromatic carbocycles. The Morgan fingerprint density at radius 1 is 0.786 bits per heavy atom. The number of aromatic nitrogens is 2. The molecule has 0 radical (unpaired) electrons. The summed E-state index contributed by atoms with van der Waals surface area (Å²) in [5.41, 5.74) is 2.21. The van der Waals surface area contributed by atoms with E-state index in [-0.39, 0.29) is 36.4 Å². The fourth-order valence-corrected chi connectivity index (χ4v) is 5.76. The number of carbonyl (C=O) groups is 1. The Bertz CT molecular complexity index is 1530. The molecule has 4 aromatic rings. The maximum atomic E-state index is 13.3. The highest BCUT2D eigenvalue weighted by Crippen LogP contribution is 2.30. The van der Waals surface area contributed by atoms with Gasteiger partial charge < -0.3 is 14.4 Å². The second-order valence-electron chi connectivity index (χ2n) is 10.8. The van der Waals surface area contributed by atoms with Crippen molar-refractivity contribution in [3.05, 3.63) is 117 Å². The Hall–Kier alpha value is -4.01. The van der Waals surface area contributed by atoms with Crippen LogP contribution in [0.3, 0.4) is 0 Å². The van der Waals surface area contributed by atoms with Crippen LogP contribution in [0.25, 0.3) is 10.9 Å². The van der Waals surface area contributed by atoms with Crippen LogP contribution in [0.2, 0.25) is 0 Å². The highest BCUT2D eigenvalue weighted by molar-refractivity contribution is 5.78. The Morgan fingerprint density at radius 2 is 1.38 bits per heavy atom. The van der Waals surface area contributed by atoms with Gasteiger partial charge >= 0.3 is 11.7 Å². The maximum Gasteiger partial charge on any atom is 0.331 e. The molecular weight excluding hydrogens is 530 g/mol. The van der Waals surface area contributed by atoms with Gasteiger partial charge in [0.1, 0.15) is 6.10 Å². The fourth-order valence-electron chi connectivity index (χ4n) is 5.76. The second kappa shape index (κ2) is 14.2. The average Bonchev–Trinajstić information content (AvgIpc) is 3.04. The molecule has 8 heteroatoms. The Morgan fingerprint density at radius 3 is 2.02 bits per heavy atom. The number of esters is 1. The smallest absolute Gasteiger partial charge is 0.331 e. The number of nitrogens with zero attached hydrogens (tertiary/aromatic N) is 3. The predicted molar refractivity (Wildman–Crippen MR) is 164 cm³/mol. The first-order chi connectivity index (χ1) is 20.5. The number of piperidine rings is 1.